The molecule has 0 saturated carbocycles. The van der Waals surface area contributed by atoms with Crippen molar-refractivity contribution in [1.82, 2.24) is 15.0 Å². The van der Waals surface area contributed by atoms with Crippen LogP contribution < -0.4 is 18.9 Å². The lowest BCUT2D eigenvalue weighted by Gasteiger charge is -2.13. The zero-order valence-corrected chi connectivity index (χ0v) is 29.0. The van der Waals surface area contributed by atoms with E-state index in [9.17, 15) is 9.59 Å². The molecule has 0 spiro atoms. The van der Waals surface area contributed by atoms with E-state index in [2.05, 4.69) is 39.2 Å². The number of carbonyl (C=O) groups excluding carboxylic acids is 2. The third-order valence-electron chi connectivity index (χ3n) is 7.87. The second kappa shape index (κ2) is 16.7. The first-order valence-corrected chi connectivity index (χ1v) is 16.6. The summed E-state index contributed by atoms with van der Waals surface area (Å²) in [6.45, 7) is 3.60. The lowest BCUT2D eigenvalue weighted by molar-refractivity contribution is -0.134. The van der Waals surface area contributed by atoms with Crippen LogP contribution in [0.4, 0.5) is 0 Å². The number of aromatic hydroxyl groups is 2. The van der Waals surface area contributed by atoms with Crippen molar-refractivity contribution in [2.24, 2.45) is 0 Å². The largest absolute Gasteiger partial charge is 0.504 e. The summed E-state index contributed by atoms with van der Waals surface area (Å²) in [6.07, 6.45) is 5.43. The number of ether oxygens (including phenoxy) is 4. The summed E-state index contributed by atoms with van der Waals surface area (Å²) in [5, 5.41) is 21.0. The fourth-order valence-corrected chi connectivity index (χ4v) is 5.36. The second-order valence-corrected chi connectivity index (χ2v) is 11.9. The fraction of sp³-hybridized carbons (Fsp3) is 0.0952. The first-order chi connectivity index (χ1) is 25.7. The number of phenols is 2. The van der Waals surface area contributed by atoms with Crippen LogP contribution in [-0.2, 0) is 22.8 Å². The summed E-state index contributed by atoms with van der Waals surface area (Å²) >= 11 is 0. The molecule has 0 unspecified atom stereocenters. The molecule has 11 heteroatoms. The molecule has 11 nitrogen and oxygen atoms in total. The molecule has 0 aliphatic carbocycles. The molecule has 0 atom stereocenters. The molecule has 0 radical (unpaired) electrons. The van der Waals surface area contributed by atoms with Crippen LogP contribution >= 0.6 is 0 Å². The van der Waals surface area contributed by atoms with Crippen molar-refractivity contribution < 1.29 is 38.7 Å². The minimum absolute atomic E-state index is 0.0860. The molecule has 8 aromatic rings. The van der Waals surface area contributed by atoms with Crippen LogP contribution in [-0.4, -0.2) is 37.1 Å². The zero-order chi connectivity index (χ0) is 37.2. The van der Waals surface area contributed by atoms with Crippen LogP contribution in [0.5, 0.6) is 34.5 Å². The lowest BCUT2D eigenvalue weighted by atomic mass is 10.2. The van der Waals surface area contributed by atoms with Crippen molar-refractivity contribution in [3.8, 4) is 34.5 Å². The molecule has 0 fully saturated rings. The molecule has 0 aliphatic rings. The average molecular weight is 712 g/mol. The monoisotopic (exact) mass is 711 g/mol. The Balaban J connectivity index is 0.000000148. The molecule has 5 N–H and O–H groups in total. The first-order valence-electron chi connectivity index (χ1n) is 16.6. The van der Waals surface area contributed by atoms with Crippen LogP contribution in [0.15, 0.2) is 134 Å². The van der Waals surface area contributed by atoms with E-state index in [0.29, 0.717) is 13.2 Å². The maximum absolute atomic E-state index is 11.0. The van der Waals surface area contributed by atoms with Gasteiger partial charge in [-0.15, -0.1) is 0 Å². The van der Waals surface area contributed by atoms with Crippen molar-refractivity contribution in [2.75, 3.05) is 0 Å². The smallest absolute Gasteiger partial charge is 0.308 e. The standard InChI is InChI=1S/C22H19NO2.C12H11NO4.C8H7NO2/c1-3-7-17(8-4-1)15-24-21-13-19-11-12-23-20(19)14-22(21)25-16-18-9-5-2-6-10-18;1-7(14)16-11-5-9-3-4-13-10(9)6-12(11)17-8(2)15;10-7-3-5-1-2-9-6(5)4-8(7)11/h1-14,23H,15-16H2;3-6,13H,1-2H3;1-4,9-11H. The van der Waals surface area contributed by atoms with E-state index in [4.69, 9.17) is 29.2 Å². The highest BCUT2D eigenvalue weighted by molar-refractivity contribution is 5.86. The Morgan fingerprint density at radius 2 is 0.868 bits per heavy atom. The summed E-state index contributed by atoms with van der Waals surface area (Å²) in [7, 11) is 0. The van der Waals surface area contributed by atoms with Crippen LogP contribution in [0.25, 0.3) is 32.7 Å². The molecule has 268 valence electrons. The number of benzene rings is 5. The maximum atomic E-state index is 11.0. The van der Waals surface area contributed by atoms with Gasteiger partial charge in [0.05, 0.1) is 0 Å². The van der Waals surface area contributed by atoms with Crippen LogP contribution in [0.3, 0.4) is 0 Å². The molecular weight excluding hydrogens is 674 g/mol. The van der Waals surface area contributed by atoms with Gasteiger partial charge in [0.2, 0.25) is 0 Å². The van der Waals surface area contributed by atoms with Crippen molar-refractivity contribution in [1.29, 1.82) is 0 Å². The fourth-order valence-electron chi connectivity index (χ4n) is 5.36. The van der Waals surface area contributed by atoms with E-state index in [1.165, 1.54) is 26.0 Å². The van der Waals surface area contributed by atoms with Gasteiger partial charge in [-0.1, -0.05) is 60.7 Å². The molecule has 0 bridgehead atoms. The third kappa shape index (κ3) is 9.56. The number of esters is 2. The van der Waals surface area contributed by atoms with E-state index in [0.717, 1.165) is 55.3 Å². The van der Waals surface area contributed by atoms with Gasteiger partial charge in [-0.3, -0.25) is 9.59 Å². The van der Waals surface area contributed by atoms with E-state index in [-0.39, 0.29) is 23.0 Å². The normalized spacial score (nSPS) is 10.5. The van der Waals surface area contributed by atoms with Crippen molar-refractivity contribution in [2.45, 2.75) is 27.1 Å². The Morgan fingerprint density at radius 1 is 0.491 bits per heavy atom. The summed E-state index contributed by atoms with van der Waals surface area (Å²) in [5.74, 6) is 0.846. The molecule has 53 heavy (non-hydrogen) atoms. The molecule has 0 aliphatic heterocycles. The van der Waals surface area contributed by atoms with Gasteiger partial charge in [0.15, 0.2) is 34.5 Å². The molecule has 5 aromatic carbocycles. The van der Waals surface area contributed by atoms with Gasteiger partial charge in [0.1, 0.15) is 13.2 Å². The Kier molecular flexibility index (Phi) is 11.2. The van der Waals surface area contributed by atoms with Gasteiger partial charge < -0.3 is 44.1 Å². The molecule has 3 heterocycles. The Morgan fingerprint density at radius 3 is 1.36 bits per heavy atom. The van der Waals surface area contributed by atoms with Gasteiger partial charge in [-0.2, -0.15) is 0 Å². The van der Waals surface area contributed by atoms with Crippen molar-refractivity contribution in [3.05, 3.63) is 145 Å². The maximum Gasteiger partial charge on any atom is 0.308 e. The number of aromatic nitrogens is 3. The summed E-state index contributed by atoms with van der Waals surface area (Å²) in [4.78, 5) is 31.0. The van der Waals surface area contributed by atoms with Gasteiger partial charge >= 0.3 is 11.9 Å². The molecule has 3 aromatic heterocycles. The minimum Gasteiger partial charge on any atom is -0.504 e. The topological polar surface area (TPSA) is 159 Å². The number of nitrogens with one attached hydrogen (secondary N) is 3. The quantitative estimate of drug-likeness (QED) is 0.0594. The number of fused-ring (bicyclic) bond motifs is 3. The summed E-state index contributed by atoms with van der Waals surface area (Å²) in [6, 6.07) is 36.3. The Labute approximate surface area is 304 Å². The third-order valence-corrected chi connectivity index (χ3v) is 7.87. The SMILES string of the molecule is CC(=O)Oc1cc2cc[nH]c2cc1OC(C)=O.Oc1cc2cc[nH]c2cc1O.c1ccc(COc2cc3cc[nH]c3cc2OCc2ccccc2)cc1. The number of carbonyl (C=O) groups is 2. The predicted octanol–water partition coefficient (Wildman–Crippen LogP) is 8.92. The molecule has 0 saturated heterocycles. The molecule has 8 rings (SSSR count). The summed E-state index contributed by atoms with van der Waals surface area (Å²) in [5.41, 5.74) is 4.92. The van der Waals surface area contributed by atoms with Crippen molar-refractivity contribution in [3.63, 3.8) is 0 Å². The number of hydrogen-bond acceptors (Lipinski definition) is 8. The van der Waals surface area contributed by atoms with Gasteiger partial charge in [-0.25, -0.2) is 0 Å². The number of aromatic amines is 3. The minimum atomic E-state index is -0.468. The summed E-state index contributed by atoms with van der Waals surface area (Å²) < 4.78 is 22.1. The Bertz CT molecular complexity index is 2290. The molecule has 0 amide bonds. The molecular formula is C42H37N3O8. The average Bonchev–Trinajstić information content (AvgIpc) is 3.92. The predicted molar refractivity (Wildman–Crippen MR) is 202 cm³/mol. The highest BCUT2D eigenvalue weighted by Crippen LogP contribution is 2.34. The number of phenolic OH excluding ortho intramolecular Hbond substituents is 2. The van der Waals surface area contributed by atoms with Crippen LogP contribution in [0.1, 0.15) is 25.0 Å². The van der Waals surface area contributed by atoms with Crippen molar-refractivity contribution >= 4 is 44.6 Å². The number of rotatable bonds is 8. The second-order valence-electron chi connectivity index (χ2n) is 11.9. The highest BCUT2D eigenvalue weighted by Gasteiger charge is 2.13. The van der Waals surface area contributed by atoms with Crippen LogP contribution in [0.2, 0.25) is 0 Å². The van der Waals surface area contributed by atoms with E-state index < -0.39 is 11.9 Å². The van der Waals surface area contributed by atoms with E-state index >= 15 is 0 Å². The first kappa shape index (κ1) is 35.7. The Hall–Kier alpha value is -7.14. The van der Waals surface area contributed by atoms with Gasteiger partial charge in [-0.05, 0) is 47.5 Å². The van der Waals surface area contributed by atoms with Gasteiger partial charge in [0, 0.05) is 83.3 Å². The lowest BCUT2D eigenvalue weighted by Crippen LogP contribution is -2.07. The zero-order valence-electron chi connectivity index (χ0n) is 29.0. The van der Waals surface area contributed by atoms with E-state index in [1.54, 1.807) is 24.5 Å². The number of H-pyrrole nitrogens is 3. The number of hydrogen-bond donors (Lipinski definition) is 5. The van der Waals surface area contributed by atoms with Gasteiger partial charge in [0.25, 0.3) is 0 Å². The van der Waals surface area contributed by atoms with Crippen LogP contribution in [0, 0.1) is 0 Å². The highest BCUT2D eigenvalue weighted by atomic mass is 16.6. The van der Waals surface area contributed by atoms with E-state index in [1.807, 2.05) is 72.9 Å².